The van der Waals surface area contributed by atoms with Gasteiger partial charge in [0.2, 0.25) is 0 Å². The summed E-state index contributed by atoms with van der Waals surface area (Å²) in [4.78, 5) is 36.2. The average Bonchev–Trinajstić information content (AvgIpc) is 3.06. The van der Waals surface area contributed by atoms with Gasteiger partial charge in [0.05, 0.1) is 41.6 Å². The van der Waals surface area contributed by atoms with Crippen molar-refractivity contribution < 1.29 is 4.74 Å². The minimum Gasteiger partial charge on any atom is -0.489 e. The second-order valence-electron chi connectivity index (χ2n) is 11.6. The van der Waals surface area contributed by atoms with Gasteiger partial charge in [-0.15, -0.1) is 22.7 Å². The first-order chi connectivity index (χ1) is 21.5. The minimum absolute atomic E-state index is 0.121. The van der Waals surface area contributed by atoms with E-state index in [1.54, 1.807) is 22.7 Å². The molecule has 0 bridgehead atoms. The van der Waals surface area contributed by atoms with Crippen LogP contribution in [0.25, 0.3) is 41.6 Å². The van der Waals surface area contributed by atoms with Gasteiger partial charge in [-0.3, -0.25) is 9.59 Å². The molecule has 2 aliphatic carbocycles. The Hall–Kier alpha value is -4.46. The highest BCUT2D eigenvalue weighted by Crippen LogP contribution is 2.37. The van der Waals surface area contributed by atoms with Crippen molar-refractivity contribution in [3.63, 3.8) is 0 Å². The normalized spacial score (nSPS) is 11.3. The first-order valence-corrected chi connectivity index (χ1v) is 16.5. The fourth-order valence-electron chi connectivity index (χ4n) is 5.44. The summed E-state index contributed by atoms with van der Waals surface area (Å²) in [6.45, 7) is 14.1. The lowest BCUT2D eigenvalue weighted by Gasteiger charge is -2.14. The van der Waals surface area contributed by atoms with Crippen molar-refractivity contribution in [3.05, 3.63) is 132 Å². The van der Waals surface area contributed by atoms with Crippen molar-refractivity contribution in [2.24, 2.45) is 0 Å². The van der Waals surface area contributed by atoms with Crippen LogP contribution in [-0.4, -0.2) is 9.97 Å². The van der Waals surface area contributed by atoms with Gasteiger partial charge in [0, 0.05) is 28.3 Å². The quantitative estimate of drug-likeness (QED) is 0.182. The van der Waals surface area contributed by atoms with Gasteiger partial charge in [-0.25, -0.2) is 9.97 Å². The summed E-state index contributed by atoms with van der Waals surface area (Å²) < 4.78 is 8.11. The van der Waals surface area contributed by atoms with Crippen molar-refractivity contribution in [2.45, 2.75) is 55.1 Å². The molecular weight excluding hydrogens is 597 g/mol. The highest BCUT2D eigenvalue weighted by molar-refractivity contribution is 7.22. The fraction of sp³-hybridized carbons (Fsp3) is 0.211. The molecule has 3 aromatic carbocycles. The molecule has 0 aromatic heterocycles. The van der Waals surface area contributed by atoms with E-state index in [-0.39, 0.29) is 10.9 Å². The van der Waals surface area contributed by atoms with E-state index in [1.165, 1.54) is 5.56 Å². The molecule has 3 aromatic rings. The zero-order valence-electron chi connectivity index (χ0n) is 26.5. The van der Waals surface area contributed by atoms with Crippen molar-refractivity contribution in [3.8, 4) is 26.9 Å². The minimum atomic E-state index is 0.121. The lowest BCUT2D eigenvalue weighted by molar-refractivity contribution is 0.306. The standard InChI is InChI=1S/C22H19NO2S.C16H15NOS/c1-13-14(2)21(24)15(3)22-20(13)23-18-11-17(9-10-19(18)26-22)25-12-16-7-5-4-6-8-16;1-8-5-6-12-13(7-8)19-16-11(4)15(18)10(3)9(2)14(16)17-12/h4-11H,12H2,1-3H3;5-7H,1-4H3. The third kappa shape index (κ3) is 5.74. The molecule has 7 heteroatoms. The molecule has 0 atom stereocenters. The van der Waals surface area contributed by atoms with E-state index in [0.717, 1.165) is 86.3 Å². The van der Waals surface area contributed by atoms with Gasteiger partial charge < -0.3 is 4.74 Å². The van der Waals surface area contributed by atoms with E-state index in [9.17, 15) is 9.59 Å². The highest BCUT2D eigenvalue weighted by atomic mass is 32.1. The van der Waals surface area contributed by atoms with E-state index in [2.05, 4.69) is 25.1 Å². The predicted octanol–water partition coefficient (Wildman–Crippen LogP) is 9.26. The Kier molecular flexibility index (Phi) is 8.25. The fourth-order valence-corrected chi connectivity index (χ4v) is 7.77. The Morgan fingerprint density at radius 1 is 0.578 bits per heavy atom. The van der Waals surface area contributed by atoms with Crippen LogP contribution in [0.15, 0.2) is 76.3 Å². The second-order valence-corrected chi connectivity index (χ2v) is 13.7. The molecule has 0 saturated heterocycles. The van der Waals surface area contributed by atoms with Crippen molar-refractivity contribution >= 4 is 43.1 Å². The van der Waals surface area contributed by atoms with Crippen LogP contribution in [0, 0.1) is 48.5 Å². The van der Waals surface area contributed by atoms with Gasteiger partial charge in [0.25, 0.3) is 0 Å². The number of rotatable bonds is 3. The van der Waals surface area contributed by atoms with Gasteiger partial charge in [-0.2, -0.15) is 0 Å². The van der Waals surface area contributed by atoms with Gasteiger partial charge >= 0.3 is 0 Å². The van der Waals surface area contributed by atoms with Crippen molar-refractivity contribution in [2.75, 3.05) is 0 Å². The number of benzene rings is 5. The smallest absolute Gasteiger partial charge is 0.186 e. The van der Waals surface area contributed by atoms with Gasteiger partial charge in [-0.1, -0.05) is 36.4 Å². The first kappa shape index (κ1) is 30.6. The zero-order valence-corrected chi connectivity index (χ0v) is 28.1. The molecule has 7 rings (SSSR count). The molecular formula is C38H34N2O3S2. The van der Waals surface area contributed by atoms with Crippen LogP contribution < -0.4 is 15.6 Å². The Balaban J connectivity index is 0.000000167. The maximum absolute atomic E-state index is 12.4. The predicted molar refractivity (Wildman–Crippen MR) is 189 cm³/mol. The number of aromatic nitrogens is 2. The van der Waals surface area contributed by atoms with Crippen LogP contribution in [0.2, 0.25) is 0 Å². The molecule has 2 heterocycles. The number of nitrogens with zero attached hydrogens (tertiary/aromatic N) is 2. The molecule has 0 spiro atoms. The summed E-state index contributed by atoms with van der Waals surface area (Å²) in [5, 5.41) is 0. The second kappa shape index (κ2) is 12.1. The van der Waals surface area contributed by atoms with Crippen LogP contribution >= 0.6 is 22.7 Å². The van der Waals surface area contributed by atoms with Crippen molar-refractivity contribution in [1.82, 2.24) is 9.97 Å². The van der Waals surface area contributed by atoms with Crippen LogP contribution in [0.5, 0.6) is 5.75 Å². The Morgan fingerprint density at radius 2 is 1.16 bits per heavy atom. The third-order valence-corrected chi connectivity index (χ3v) is 11.0. The SMILES string of the molecule is Cc1c2nc3cc(OCc4ccccc4)ccc3sc-2c(C)c(=O)c1C.Cc1ccc2nc3c(C)c(C)c(=O)c(C)c-3sc2c1. The summed E-state index contributed by atoms with van der Waals surface area (Å²) in [6, 6.07) is 22.3. The van der Waals surface area contributed by atoms with E-state index in [0.29, 0.717) is 6.61 Å². The highest BCUT2D eigenvalue weighted by Gasteiger charge is 2.19. The monoisotopic (exact) mass is 630 g/mol. The summed E-state index contributed by atoms with van der Waals surface area (Å²) in [7, 11) is 0. The summed E-state index contributed by atoms with van der Waals surface area (Å²) >= 11 is 3.29. The molecule has 0 saturated carbocycles. The molecule has 0 amide bonds. The Labute approximate surface area is 270 Å². The molecule has 226 valence electrons. The topological polar surface area (TPSA) is 69.2 Å². The van der Waals surface area contributed by atoms with Crippen LogP contribution in [0.4, 0.5) is 0 Å². The van der Waals surface area contributed by atoms with Gasteiger partial charge in [0.1, 0.15) is 12.4 Å². The molecule has 2 aliphatic heterocycles. The van der Waals surface area contributed by atoms with E-state index in [4.69, 9.17) is 14.7 Å². The average molecular weight is 631 g/mol. The van der Waals surface area contributed by atoms with Crippen LogP contribution in [-0.2, 0) is 6.61 Å². The zero-order chi connectivity index (χ0) is 32.0. The van der Waals surface area contributed by atoms with Crippen molar-refractivity contribution in [1.29, 1.82) is 0 Å². The summed E-state index contributed by atoms with van der Waals surface area (Å²) in [5.41, 5.74) is 11.6. The molecule has 0 unspecified atom stereocenters. The number of ether oxygens (including phenoxy) is 1. The molecule has 0 N–H and O–H groups in total. The first-order valence-electron chi connectivity index (χ1n) is 14.9. The number of fused-ring (bicyclic) bond motifs is 4. The maximum atomic E-state index is 12.4. The van der Waals surface area contributed by atoms with Gasteiger partial charge in [0.15, 0.2) is 10.9 Å². The lowest BCUT2D eigenvalue weighted by Crippen LogP contribution is -2.13. The van der Waals surface area contributed by atoms with E-state index < -0.39 is 0 Å². The number of aryl methyl sites for hydroxylation is 1. The van der Waals surface area contributed by atoms with E-state index >= 15 is 0 Å². The van der Waals surface area contributed by atoms with E-state index in [1.807, 2.05) is 90.1 Å². The van der Waals surface area contributed by atoms with Crippen LogP contribution in [0.1, 0.15) is 44.5 Å². The molecule has 0 fully saturated rings. The largest absolute Gasteiger partial charge is 0.489 e. The lowest BCUT2D eigenvalue weighted by atomic mass is 10.0. The molecule has 45 heavy (non-hydrogen) atoms. The summed E-state index contributed by atoms with van der Waals surface area (Å²) in [6.07, 6.45) is 0. The van der Waals surface area contributed by atoms with Gasteiger partial charge in [-0.05, 0) is 95.0 Å². The number of hydrogen-bond donors (Lipinski definition) is 0. The van der Waals surface area contributed by atoms with Crippen LogP contribution in [0.3, 0.4) is 0 Å². The molecule has 4 aliphatic rings. The Bertz CT molecular complexity index is 2290. The molecule has 0 radical (unpaired) electrons. The maximum Gasteiger partial charge on any atom is 0.186 e. The number of hydrogen-bond acceptors (Lipinski definition) is 7. The molecule has 5 nitrogen and oxygen atoms in total. The Morgan fingerprint density at radius 3 is 1.78 bits per heavy atom. The third-order valence-electron chi connectivity index (χ3n) is 8.49. The summed E-state index contributed by atoms with van der Waals surface area (Å²) in [5.74, 6) is 0.798.